The highest BCUT2D eigenvalue weighted by molar-refractivity contribution is 9.09. The maximum absolute atomic E-state index is 5.16. The largest absolute Gasteiger partial charge is 0.443 e. The van der Waals surface area contributed by atoms with Crippen molar-refractivity contribution in [3.63, 3.8) is 0 Å². The molecule has 2 nitrogen and oxygen atoms in total. The molecule has 2 aromatic rings. The molecule has 0 saturated heterocycles. The second-order valence-electron chi connectivity index (χ2n) is 2.96. The molecule has 0 aliphatic heterocycles. The SMILES string of the molecule is BrCCC=Cc1ccc2ocnc2c1. The van der Waals surface area contributed by atoms with E-state index < -0.39 is 0 Å². The van der Waals surface area contributed by atoms with Gasteiger partial charge in [-0.15, -0.1) is 0 Å². The Hall–Kier alpha value is -1.09. The maximum Gasteiger partial charge on any atom is 0.181 e. The third-order valence-corrected chi connectivity index (χ3v) is 2.40. The Morgan fingerprint density at radius 2 is 2.36 bits per heavy atom. The normalized spacial score (nSPS) is 11.5. The Balaban J connectivity index is 2.25. The molecule has 0 unspecified atom stereocenters. The molecule has 0 saturated carbocycles. The van der Waals surface area contributed by atoms with Gasteiger partial charge >= 0.3 is 0 Å². The van der Waals surface area contributed by atoms with Gasteiger partial charge in [-0.2, -0.15) is 0 Å². The molecular formula is C11H10BrNO. The summed E-state index contributed by atoms with van der Waals surface area (Å²) in [6, 6.07) is 5.98. The monoisotopic (exact) mass is 251 g/mol. The number of hydrogen-bond acceptors (Lipinski definition) is 2. The van der Waals surface area contributed by atoms with Crippen LogP contribution in [0.25, 0.3) is 17.2 Å². The molecule has 14 heavy (non-hydrogen) atoms. The Morgan fingerprint density at radius 3 is 3.21 bits per heavy atom. The van der Waals surface area contributed by atoms with Crippen molar-refractivity contribution in [1.29, 1.82) is 0 Å². The molecular weight excluding hydrogens is 242 g/mol. The van der Waals surface area contributed by atoms with Crippen molar-refractivity contribution in [1.82, 2.24) is 4.98 Å². The van der Waals surface area contributed by atoms with E-state index in [1.54, 1.807) is 0 Å². The predicted molar refractivity (Wildman–Crippen MR) is 61.5 cm³/mol. The van der Waals surface area contributed by atoms with Gasteiger partial charge in [0.15, 0.2) is 12.0 Å². The first-order valence-electron chi connectivity index (χ1n) is 4.46. The number of halogens is 1. The number of alkyl halides is 1. The highest BCUT2D eigenvalue weighted by Crippen LogP contribution is 2.15. The number of fused-ring (bicyclic) bond motifs is 1. The molecule has 2 rings (SSSR count). The Labute approximate surface area is 90.8 Å². The van der Waals surface area contributed by atoms with Gasteiger partial charge in [0.25, 0.3) is 0 Å². The van der Waals surface area contributed by atoms with Gasteiger partial charge in [0.2, 0.25) is 0 Å². The summed E-state index contributed by atoms with van der Waals surface area (Å²) in [5.74, 6) is 0. The van der Waals surface area contributed by atoms with Crippen LogP contribution in [0.2, 0.25) is 0 Å². The van der Waals surface area contributed by atoms with Crippen LogP contribution in [0, 0.1) is 0 Å². The zero-order chi connectivity index (χ0) is 9.80. The molecule has 0 bridgehead atoms. The number of oxazole rings is 1. The van der Waals surface area contributed by atoms with E-state index in [1.165, 1.54) is 6.39 Å². The summed E-state index contributed by atoms with van der Waals surface area (Å²) < 4.78 is 5.16. The highest BCUT2D eigenvalue weighted by Gasteiger charge is 1.96. The molecule has 0 radical (unpaired) electrons. The van der Waals surface area contributed by atoms with Crippen LogP contribution in [0.4, 0.5) is 0 Å². The van der Waals surface area contributed by atoms with Gasteiger partial charge < -0.3 is 4.42 Å². The summed E-state index contributed by atoms with van der Waals surface area (Å²) in [4.78, 5) is 4.10. The van der Waals surface area contributed by atoms with Gasteiger partial charge in [-0.1, -0.05) is 34.1 Å². The lowest BCUT2D eigenvalue weighted by Crippen LogP contribution is -1.73. The van der Waals surface area contributed by atoms with Crippen LogP contribution < -0.4 is 0 Å². The van der Waals surface area contributed by atoms with Crippen molar-refractivity contribution < 1.29 is 4.42 Å². The maximum atomic E-state index is 5.16. The topological polar surface area (TPSA) is 26.0 Å². The van der Waals surface area contributed by atoms with Crippen LogP contribution >= 0.6 is 15.9 Å². The summed E-state index contributed by atoms with van der Waals surface area (Å²) in [5, 5.41) is 0.996. The first-order chi connectivity index (χ1) is 6.90. The average Bonchev–Trinajstić information content (AvgIpc) is 2.65. The predicted octanol–water partition coefficient (Wildman–Crippen LogP) is 3.63. The summed E-state index contributed by atoms with van der Waals surface area (Å²) >= 11 is 3.38. The first-order valence-corrected chi connectivity index (χ1v) is 5.58. The lowest BCUT2D eigenvalue weighted by atomic mass is 10.2. The number of benzene rings is 1. The van der Waals surface area contributed by atoms with Gasteiger partial charge in [-0.3, -0.25) is 0 Å². The minimum Gasteiger partial charge on any atom is -0.443 e. The number of rotatable bonds is 3. The van der Waals surface area contributed by atoms with Crippen LogP contribution in [-0.2, 0) is 0 Å². The fraction of sp³-hybridized carbons (Fsp3) is 0.182. The summed E-state index contributed by atoms with van der Waals surface area (Å²) in [7, 11) is 0. The van der Waals surface area contributed by atoms with Crippen molar-refractivity contribution in [2.45, 2.75) is 6.42 Å². The second kappa shape index (κ2) is 4.42. The molecule has 0 fully saturated rings. The van der Waals surface area contributed by atoms with E-state index in [2.05, 4.69) is 33.1 Å². The Kier molecular flexibility index (Phi) is 2.99. The average molecular weight is 252 g/mol. The van der Waals surface area contributed by atoms with Crippen LogP contribution in [0.1, 0.15) is 12.0 Å². The molecule has 0 aliphatic carbocycles. The second-order valence-corrected chi connectivity index (χ2v) is 3.75. The molecule has 0 atom stereocenters. The van der Waals surface area contributed by atoms with Crippen molar-refractivity contribution in [2.75, 3.05) is 5.33 Å². The lowest BCUT2D eigenvalue weighted by molar-refractivity contribution is 0.602. The van der Waals surface area contributed by atoms with E-state index in [1.807, 2.05) is 18.2 Å². The van der Waals surface area contributed by atoms with E-state index in [0.717, 1.165) is 28.4 Å². The first kappa shape index (κ1) is 9.46. The van der Waals surface area contributed by atoms with E-state index in [-0.39, 0.29) is 0 Å². The zero-order valence-electron chi connectivity index (χ0n) is 7.61. The van der Waals surface area contributed by atoms with Crippen LogP contribution in [-0.4, -0.2) is 10.3 Å². The lowest BCUT2D eigenvalue weighted by Gasteiger charge is -1.91. The minimum absolute atomic E-state index is 0.836. The Bertz CT molecular complexity index is 447. The molecule has 0 N–H and O–H groups in total. The molecule has 3 heteroatoms. The fourth-order valence-corrected chi connectivity index (χ4v) is 1.53. The molecule has 0 aliphatic rings. The van der Waals surface area contributed by atoms with E-state index in [9.17, 15) is 0 Å². The van der Waals surface area contributed by atoms with Crippen molar-refractivity contribution in [2.24, 2.45) is 0 Å². The van der Waals surface area contributed by atoms with E-state index >= 15 is 0 Å². The molecule has 1 heterocycles. The molecule has 0 amide bonds. The molecule has 1 aromatic carbocycles. The number of nitrogens with zero attached hydrogens (tertiary/aromatic N) is 1. The quantitative estimate of drug-likeness (QED) is 0.779. The summed E-state index contributed by atoms with van der Waals surface area (Å²) in [5.41, 5.74) is 2.90. The molecule has 72 valence electrons. The van der Waals surface area contributed by atoms with Crippen LogP contribution in [0.15, 0.2) is 35.1 Å². The van der Waals surface area contributed by atoms with Gasteiger partial charge in [0.05, 0.1) is 0 Å². The summed E-state index contributed by atoms with van der Waals surface area (Å²) in [6.07, 6.45) is 6.73. The van der Waals surface area contributed by atoms with Crippen molar-refractivity contribution >= 4 is 33.1 Å². The van der Waals surface area contributed by atoms with Gasteiger partial charge in [0.1, 0.15) is 5.52 Å². The van der Waals surface area contributed by atoms with Crippen LogP contribution in [0.5, 0.6) is 0 Å². The zero-order valence-corrected chi connectivity index (χ0v) is 9.20. The molecule has 1 aromatic heterocycles. The van der Waals surface area contributed by atoms with Gasteiger partial charge in [-0.25, -0.2) is 4.98 Å². The van der Waals surface area contributed by atoms with Gasteiger partial charge in [0, 0.05) is 5.33 Å². The Morgan fingerprint density at radius 1 is 1.43 bits per heavy atom. The number of hydrogen-bond donors (Lipinski definition) is 0. The van der Waals surface area contributed by atoms with E-state index in [4.69, 9.17) is 4.42 Å². The number of allylic oxidation sites excluding steroid dienone is 1. The minimum atomic E-state index is 0.836. The van der Waals surface area contributed by atoms with Gasteiger partial charge in [-0.05, 0) is 24.1 Å². The molecule has 0 spiro atoms. The fourth-order valence-electron chi connectivity index (χ4n) is 1.26. The highest BCUT2D eigenvalue weighted by atomic mass is 79.9. The number of aromatic nitrogens is 1. The third kappa shape index (κ3) is 2.04. The summed E-state index contributed by atoms with van der Waals surface area (Å²) in [6.45, 7) is 0. The standard InChI is InChI=1S/C11H10BrNO/c12-6-2-1-3-9-4-5-11-10(7-9)13-8-14-11/h1,3-5,7-8H,2,6H2. The van der Waals surface area contributed by atoms with E-state index in [0.29, 0.717) is 0 Å². The smallest absolute Gasteiger partial charge is 0.181 e. The van der Waals surface area contributed by atoms with Crippen molar-refractivity contribution in [3.05, 3.63) is 36.2 Å². The van der Waals surface area contributed by atoms with Crippen molar-refractivity contribution in [3.8, 4) is 0 Å². The van der Waals surface area contributed by atoms with Crippen LogP contribution in [0.3, 0.4) is 0 Å². The third-order valence-electron chi connectivity index (χ3n) is 1.94.